The van der Waals surface area contributed by atoms with Crippen molar-refractivity contribution < 1.29 is 14.1 Å². The van der Waals surface area contributed by atoms with Crippen LogP contribution < -0.4 is 5.32 Å². The van der Waals surface area contributed by atoms with Gasteiger partial charge in [0.2, 0.25) is 17.7 Å². The number of nitrogens with one attached hydrogen (secondary N) is 1. The third kappa shape index (κ3) is 3.85. The monoisotopic (exact) mass is 348 g/mol. The number of amides is 2. The Morgan fingerprint density at radius 3 is 2.76 bits per heavy atom. The van der Waals surface area contributed by atoms with Gasteiger partial charge in [-0.25, -0.2) is 0 Å². The van der Waals surface area contributed by atoms with E-state index in [2.05, 4.69) is 15.5 Å². The van der Waals surface area contributed by atoms with Gasteiger partial charge in [-0.15, -0.1) is 0 Å². The first kappa shape index (κ1) is 17.9. The fraction of sp³-hybridized carbons (Fsp3) is 0.778. The summed E-state index contributed by atoms with van der Waals surface area (Å²) in [7, 11) is 0. The Labute approximate surface area is 148 Å². The summed E-state index contributed by atoms with van der Waals surface area (Å²) in [6.45, 7) is 6.29. The first-order chi connectivity index (χ1) is 11.9. The van der Waals surface area contributed by atoms with E-state index in [4.69, 9.17) is 4.52 Å². The summed E-state index contributed by atoms with van der Waals surface area (Å²) in [5.74, 6) is 0.759. The van der Waals surface area contributed by atoms with Crippen LogP contribution in [0.5, 0.6) is 0 Å². The molecule has 138 valence electrons. The maximum absolute atomic E-state index is 12.7. The van der Waals surface area contributed by atoms with Crippen LogP contribution in [0, 0.1) is 5.92 Å². The van der Waals surface area contributed by atoms with Crippen LogP contribution in [0.15, 0.2) is 4.52 Å². The van der Waals surface area contributed by atoms with Crippen LogP contribution in [0.1, 0.15) is 71.0 Å². The van der Waals surface area contributed by atoms with Gasteiger partial charge in [0.1, 0.15) is 0 Å². The molecule has 1 saturated heterocycles. The minimum absolute atomic E-state index is 0.106. The molecule has 1 aromatic rings. The molecule has 2 amide bonds. The number of aryl methyl sites for hydroxylation is 1. The number of carbonyl (C=O) groups excluding carboxylic acids is 2. The number of carbonyl (C=O) groups is 2. The van der Waals surface area contributed by atoms with E-state index in [0.717, 1.165) is 25.7 Å². The fourth-order valence-corrected chi connectivity index (χ4v) is 3.77. The van der Waals surface area contributed by atoms with Crippen molar-refractivity contribution in [3.05, 3.63) is 11.7 Å². The largest absolute Gasteiger partial charge is 0.343 e. The molecule has 0 aromatic carbocycles. The van der Waals surface area contributed by atoms with Gasteiger partial charge < -0.3 is 14.7 Å². The first-order valence-electron chi connectivity index (χ1n) is 9.35. The summed E-state index contributed by atoms with van der Waals surface area (Å²) in [4.78, 5) is 31.3. The van der Waals surface area contributed by atoms with E-state index in [1.54, 1.807) is 0 Å². The lowest BCUT2D eigenvalue weighted by Crippen LogP contribution is -2.45. The van der Waals surface area contributed by atoms with Gasteiger partial charge >= 0.3 is 0 Å². The molecule has 0 bridgehead atoms. The highest BCUT2D eigenvalue weighted by Gasteiger charge is 2.40. The summed E-state index contributed by atoms with van der Waals surface area (Å²) < 4.78 is 5.23. The van der Waals surface area contributed by atoms with Crippen molar-refractivity contribution in [3.63, 3.8) is 0 Å². The average Bonchev–Trinajstić information content (AvgIpc) is 3.26. The van der Waals surface area contributed by atoms with Gasteiger partial charge in [0.15, 0.2) is 5.82 Å². The van der Waals surface area contributed by atoms with Gasteiger partial charge in [-0.2, -0.15) is 4.98 Å². The van der Waals surface area contributed by atoms with Crippen LogP contribution in [-0.2, 0) is 21.5 Å². The van der Waals surface area contributed by atoms with Crippen LogP contribution in [-0.4, -0.2) is 39.4 Å². The third-order valence-electron chi connectivity index (χ3n) is 5.22. The Kier molecular flexibility index (Phi) is 5.11. The normalized spacial score (nSPS) is 22.0. The Bertz CT molecular complexity index is 634. The van der Waals surface area contributed by atoms with E-state index in [0.29, 0.717) is 30.7 Å². The van der Waals surface area contributed by atoms with Crippen molar-refractivity contribution in [1.29, 1.82) is 0 Å². The van der Waals surface area contributed by atoms with Gasteiger partial charge in [-0.1, -0.05) is 24.9 Å². The topological polar surface area (TPSA) is 88.3 Å². The Morgan fingerprint density at radius 2 is 2.08 bits per heavy atom. The molecular formula is C18H28N4O3. The predicted molar refractivity (Wildman–Crippen MR) is 91.5 cm³/mol. The minimum atomic E-state index is -0.726. The molecule has 1 saturated carbocycles. The zero-order chi connectivity index (χ0) is 18.0. The highest BCUT2D eigenvalue weighted by Crippen LogP contribution is 2.30. The highest BCUT2D eigenvalue weighted by molar-refractivity contribution is 5.89. The van der Waals surface area contributed by atoms with Crippen LogP contribution >= 0.6 is 0 Å². The number of nitrogens with zero attached hydrogens (tertiary/aromatic N) is 3. The van der Waals surface area contributed by atoms with Crippen LogP contribution in [0.25, 0.3) is 0 Å². The molecule has 1 aromatic heterocycles. The lowest BCUT2D eigenvalue weighted by atomic mass is 10.0. The second-order valence-corrected chi connectivity index (χ2v) is 7.76. The molecule has 0 unspecified atom stereocenters. The number of hydrogen-bond donors (Lipinski definition) is 1. The number of rotatable bonds is 6. The number of hydrogen-bond acceptors (Lipinski definition) is 5. The molecule has 0 spiro atoms. The smallest absolute Gasteiger partial charge is 0.226 e. The molecule has 7 nitrogen and oxygen atoms in total. The second kappa shape index (κ2) is 7.14. The van der Waals surface area contributed by atoms with Crippen LogP contribution in [0.3, 0.4) is 0 Å². The molecule has 2 fully saturated rings. The Hall–Kier alpha value is -1.92. The molecule has 1 aliphatic carbocycles. The standard InChI is InChI=1S/C18H28N4O3/c1-4-7-14-19-17(21-25-14)18(2,3)20-16(24)12-10-15(23)22(11-12)13-8-5-6-9-13/h12-13H,4-11H2,1-3H3,(H,20,24)/t12-/m0/s1. The Morgan fingerprint density at radius 1 is 1.36 bits per heavy atom. The fourth-order valence-electron chi connectivity index (χ4n) is 3.77. The summed E-state index contributed by atoms with van der Waals surface area (Å²) in [5, 5.41) is 7.00. The quantitative estimate of drug-likeness (QED) is 0.851. The number of aromatic nitrogens is 2. The lowest BCUT2D eigenvalue weighted by molar-refractivity contribution is -0.130. The van der Waals surface area contributed by atoms with E-state index in [1.165, 1.54) is 12.8 Å². The minimum Gasteiger partial charge on any atom is -0.343 e. The SMILES string of the molecule is CCCc1nc(C(C)(C)NC(=O)[C@H]2CC(=O)N(C3CCCC3)C2)no1. The van der Waals surface area contributed by atoms with E-state index in [9.17, 15) is 9.59 Å². The molecule has 1 N–H and O–H groups in total. The third-order valence-corrected chi connectivity index (χ3v) is 5.22. The summed E-state index contributed by atoms with van der Waals surface area (Å²) in [6, 6.07) is 0.326. The van der Waals surface area contributed by atoms with Gasteiger partial charge in [0.05, 0.1) is 11.5 Å². The molecule has 0 radical (unpaired) electrons. The van der Waals surface area contributed by atoms with Crippen molar-refractivity contribution in [2.75, 3.05) is 6.54 Å². The molecule has 1 atom stereocenters. The number of likely N-dealkylation sites (tertiary alicyclic amines) is 1. The van der Waals surface area contributed by atoms with E-state index >= 15 is 0 Å². The molecule has 1 aliphatic heterocycles. The van der Waals surface area contributed by atoms with Crippen molar-refractivity contribution >= 4 is 11.8 Å². The van der Waals surface area contributed by atoms with E-state index < -0.39 is 5.54 Å². The van der Waals surface area contributed by atoms with Gasteiger partial charge in [0.25, 0.3) is 0 Å². The van der Waals surface area contributed by atoms with Gasteiger partial charge in [-0.05, 0) is 33.1 Å². The zero-order valence-electron chi connectivity index (χ0n) is 15.4. The maximum atomic E-state index is 12.7. The molecule has 7 heteroatoms. The van der Waals surface area contributed by atoms with Crippen molar-refractivity contribution in [1.82, 2.24) is 20.4 Å². The predicted octanol–water partition coefficient (Wildman–Crippen LogP) is 2.16. The van der Waals surface area contributed by atoms with Crippen molar-refractivity contribution in [2.45, 2.75) is 77.3 Å². The second-order valence-electron chi connectivity index (χ2n) is 7.76. The van der Waals surface area contributed by atoms with Gasteiger partial charge in [0, 0.05) is 25.4 Å². The molecule has 2 aliphatic rings. The zero-order valence-corrected chi connectivity index (χ0v) is 15.4. The van der Waals surface area contributed by atoms with Crippen molar-refractivity contribution in [3.8, 4) is 0 Å². The molecule has 2 heterocycles. The molecule has 25 heavy (non-hydrogen) atoms. The Balaban J connectivity index is 1.61. The van der Waals surface area contributed by atoms with Crippen LogP contribution in [0.2, 0.25) is 0 Å². The summed E-state index contributed by atoms with van der Waals surface area (Å²) in [6.07, 6.45) is 6.43. The van der Waals surface area contributed by atoms with E-state index in [1.807, 2.05) is 25.7 Å². The highest BCUT2D eigenvalue weighted by atomic mass is 16.5. The van der Waals surface area contributed by atoms with E-state index in [-0.39, 0.29) is 17.7 Å². The first-order valence-corrected chi connectivity index (χ1v) is 9.35. The summed E-state index contributed by atoms with van der Waals surface area (Å²) >= 11 is 0. The average molecular weight is 348 g/mol. The van der Waals surface area contributed by atoms with Crippen LogP contribution in [0.4, 0.5) is 0 Å². The van der Waals surface area contributed by atoms with Gasteiger partial charge in [-0.3, -0.25) is 9.59 Å². The summed E-state index contributed by atoms with van der Waals surface area (Å²) in [5.41, 5.74) is -0.726. The lowest BCUT2D eigenvalue weighted by Gasteiger charge is -2.26. The maximum Gasteiger partial charge on any atom is 0.226 e. The van der Waals surface area contributed by atoms with Crippen molar-refractivity contribution in [2.24, 2.45) is 5.92 Å². The molecular weight excluding hydrogens is 320 g/mol. The molecule has 3 rings (SSSR count).